The van der Waals surface area contributed by atoms with Crippen molar-refractivity contribution in [2.45, 2.75) is 6.92 Å². The fourth-order valence-corrected chi connectivity index (χ4v) is 2.86. The van der Waals surface area contributed by atoms with Crippen molar-refractivity contribution in [2.24, 2.45) is 0 Å². The van der Waals surface area contributed by atoms with Gasteiger partial charge in [-0.05, 0) is 36.8 Å². The van der Waals surface area contributed by atoms with E-state index in [-0.39, 0.29) is 11.6 Å². The molecule has 0 saturated heterocycles. The molecule has 0 saturated carbocycles. The van der Waals surface area contributed by atoms with E-state index in [4.69, 9.17) is 0 Å². The number of para-hydroxylation sites is 1. The van der Waals surface area contributed by atoms with Crippen LogP contribution in [-0.4, -0.2) is 10.1 Å². The van der Waals surface area contributed by atoms with Crippen LogP contribution >= 0.6 is 11.3 Å². The first-order valence-electron chi connectivity index (χ1n) is 5.50. The van der Waals surface area contributed by atoms with E-state index in [1.165, 1.54) is 23.5 Å². The molecule has 0 radical (unpaired) electrons. The van der Waals surface area contributed by atoms with Crippen molar-refractivity contribution >= 4 is 21.6 Å². The van der Waals surface area contributed by atoms with E-state index in [9.17, 15) is 9.50 Å². The van der Waals surface area contributed by atoms with Gasteiger partial charge in [0, 0.05) is 0 Å². The molecule has 90 valence electrons. The summed E-state index contributed by atoms with van der Waals surface area (Å²) in [6, 6.07) is 10.0. The van der Waals surface area contributed by atoms with Crippen molar-refractivity contribution in [2.75, 3.05) is 0 Å². The smallest absolute Gasteiger partial charge is 0.128 e. The van der Waals surface area contributed by atoms with Gasteiger partial charge in [-0.15, -0.1) is 11.3 Å². The van der Waals surface area contributed by atoms with Crippen molar-refractivity contribution in [3.05, 3.63) is 47.8 Å². The van der Waals surface area contributed by atoms with Gasteiger partial charge in [0.15, 0.2) is 0 Å². The van der Waals surface area contributed by atoms with Gasteiger partial charge in [-0.2, -0.15) is 0 Å². The lowest BCUT2D eigenvalue weighted by molar-refractivity contribution is 0.473. The molecule has 3 rings (SSSR count). The summed E-state index contributed by atoms with van der Waals surface area (Å²) in [7, 11) is 0. The predicted molar refractivity (Wildman–Crippen MR) is 71.4 cm³/mol. The Morgan fingerprint density at radius 3 is 2.89 bits per heavy atom. The Kier molecular flexibility index (Phi) is 2.52. The topological polar surface area (TPSA) is 33.1 Å². The monoisotopic (exact) mass is 259 g/mol. The van der Waals surface area contributed by atoms with E-state index in [0.29, 0.717) is 10.6 Å². The second-order valence-electron chi connectivity index (χ2n) is 4.10. The molecule has 4 heteroatoms. The zero-order chi connectivity index (χ0) is 12.7. The lowest BCUT2D eigenvalue weighted by Crippen LogP contribution is -1.80. The number of hydrogen-bond donors (Lipinski definition) is 1. The molecule has 0 atom stereocenters. The molecule has 1 aromatic heterocycles. The van der Waals surface area contributed by atoms with E-state index in [1.807, 2.05) is 25.1 Å². The third-order valence-corrected chi connectivity index (χ3v) is 3.87. The number of phenolic OH excluding ortho intramolecular Hbond substituents is 1. The molecule has 0 spiro atoms. The van der Waals surface area contributed by atoms with Crippen LogP contribution in [-0.2, 0) is 0 Å². The first-order chi connectivity index (χ1) is 8.65. The molecule has 2 aromatic carbocycles. The molecule has 0 aliphatic carbocycles. The summed E-state index contributed by atoms with van der Waals surface area (Å²) < 4.78 is 13.9. The van der Waals surface area contributed by atoms with Gasteiger partial charge in [-0.3, -0.25) is 0 Å². The minimum absolute atomic E-state index is 0.233. The van der Waals surface area contributed by atoms with E-state index < -0.39 is 0 Å². The third-order valence-electron chi connectivity index (χ3n) is 2.82. The molecule has 3 aromatic rings. The fraction of sp³-hybridized carbons (Fsp3) is 0.0714. The van der Waals surface area contributed by atoms with Crippen LogP contribution in [0.25, 0.3) is 20.8 Å². The van der Waals surface area contributed by atoms with Crippen LogP contribution in [0.4, 0.5) is 4.39 Å². The van der Waals surface area contributed by atoms with Crippen LogP contribution in [0, 0.1) is 12.7 Å². The number of benzene rings is 2. The molecule has 18 heavy (non-hydrogen) atoms. The number of fused-ring (bicyclic) bond motifs is 1. The molecule has 0 fully saturated rings. The van der Waals surface area contributed by atoms with E-state index in [1.54, 1.807) is 6.07 Å². The third kappa shape index (κ3) is 1.75. The molecular weight excluding hydrogens is 249 g/mol. The molecule has 1 N–H and O–H groups in total. The van der Waals surface area contributed by atoms with Gasteiger partial charge in [-0.1, -0.05) is 12.1 Å². The molecule has 0 aliphatic rings. The maximum atomic E-state index is 13.1. The van der Waals surface area contributed by atoms with Crippen LogP contribution in [0.5, 0.6) is 5.75 Å². The zero-order valence-electron chi connectivity index (χ0n) is 9.64. The normalized spacial score (nSPS) is 11.0. The van der Waals surface area contributed by atoms with Gasteiger partial charge in [0.2, 0.25) is 0 Å². The second kappa shape index (κ2) is 4.07. The van der Waals surface area contributed by atoms with Crippen LogP contribution in [0.3, 0.4) is 0 Å². The minimum atomic E-state index is -0.272. The maximum Gasteiger partial charge on any atom is 0.128 e. The van der Waals surface area contributed by atoms with Gasteiger partial charge in [0.25, 0.3) is 0 Å². The zero-order valence-corrected chi connectivity index (χ0v) is 10.5. The summed E-state index contributed by atoms with van der Waals surface area (Å²) in [6.45, 7) is 1.84. The number of hydrogen-bond acceptors (Lipinski definition) is 3. The quantitative estimate of drug-likeness (QED) is 0.713. The summed E-state index contributed by atoms with van der Waals surface area (Å²) in [5.41, 5.74) is 2.24. The number of aryl methyl sites for hydroxylation is 1. The first kappa shape index (κ1) is 11.2. The van der Waals surface area contributed by atoms with Crippen LogP contribution in [0.15, 0.2) is 36.4 Å². The number of halogens is 1. The number of aromatic nitrogens is 1. The Balaban J connectivity index is 2.22. The number of phenols is 1. The Bertz CT molecular complexity index is 736. The largest absolute Gasteiger partial charge is 0.507 e. The molecule has 2 nitrogen and oxygen atoms in total. The number of aromatic hydroxyl groups is 1. The van der Waals surface area contributed by atoms with Crippen molar-refractivity contribution in [3.8, 4) is 16.3 Å². The average Bonchev–Trinajstić information content (AvgIpc) is 2.75. The van der Waals surface area contributed by atoms with Crippen LogP contribution in [0.2, 0.25) is 0 Å². The molecule has 0 aliphatic heterocycles. The summed E-state index contributed by atoms with van der Waals surface area (Å²) in [5, 5.41) is 10.7. The summed E-state index contributed by atoms with van der Waals surface area (Å²) in [4.78, 5) is 4.42. The maximum absolute atomic E-state index is 13.1. The molecule has 0 unspecified atom stereocenters. The minimum Gasteiger partial charge on any atom is -0.507 e. The lowest BCUT2D eigenvalue weighted by atomic mass is 10.1. The fourth-order valence-electron chi connectivity index (χ4n) is 1.85. The van der Waals surface area contributed by atoms with Crippen LogP contribution < -0.4 is 0 Å². The Morgan fingerprint density at radius 1 is 1.22 bits per heavy atom. The van der Waals surface area contributed by atoms with Crippen molar-refractivity contribution in [1.29, 1.82) is 0 Å². The van der Waals surface area contributed by atoms with E-state index in [2.05, 4.69) is 4.98 Å². The van der Waals surface area contributed by atoms with Gasteiger partial charge in [-0.25, -0.2) is 9.37 Å². The van der Waals surface area contributed by atoms with Gasteiger partial charge >= 0.3 is 0 Å². The first-order valence-corrected chi connectivity index (χ1v) is 6.32. The highest BCUT2D eigenvalue weighted by Gasteiger charge is 2.11. The molecule has 0 amide bonds. The number of rotatable bonds is 1. The standard InChI is InChI=1S/C14H10FNOS/c1-8-3-2-4-10(13(8)17)14-16-11-6-5-9(15)7-12(11)18-14/h2-7,17H,1H3. The van der Waals surface area contributed by atoms with Crippen molar-refractivity contribution in [3.63, 3.8) is 0 Å². The predicted octanol–water partition coefficient (Wildman–Crippen LogP) is 4.12. The lowest BCUT2D eigenvalue weighted by Gasteiger charge is -2.02. The van der Waals surface area contributed by atoms with Gasteiger partial charge in [0.1, 0.15) is 16.6 Å². The summed E-state index contributed by atoms with van der Waals surface area (Å²) in [6.07, 6.45) is 0. The Hall–Kier alpha value is -1.94. The molecule has 0 bridgehead atoms. The highest BCUT2D eigenvalue weighted by atomic mass is 32.1. The Morgan fingerprint density at radius 2 is 2.06 bits per heavy atom. The highest BCUT2D eigenvalue weighted by molar-refractivity contribution is 7.21. The van der Waals surface area contributed by atoms with Gasteiger partial charge in [0.05, 0.1) is 15.8 Å². The van der Waals surface area contributed by atoms with Crippen molar-refractivity contribution in [1.82, 2.24) is 4.98 Å². The van der Waals surface area contributed by atoms with Gasteiger partial charge < -0.3 is 5.11 Å². The van der Waals surface area contributed by atoms with E-state index >= 15 is 0 Å². The summed E-state index contributed by atoms with van der Waals surface area (Å²) in [5.74, 6) is -0.0387. The number of thiazole rings is 1. The second-order valence-corrected chi connectivity index (χ2v) is 5.13. The van der Waals surface area contributed by atoms with E-state index in [0.717, 1.165) is 15.8 Å². The molecular formula is C14H10FNOS. The summed E-state index contributed by atoms with van der Waals surface area (Å²) >= 11 is 1.38. The Labute approximate surface area is 107 Å². The SMILES string of the molecule is Cc1cccc(-c2nc3ccc(F)cc3s2)c1O. The average molecular weight is 259 g/mol. The van der Waals surface area contributed by atoms with Crippen LogP contribution in [0.1, 0.15) is 5.56 Å². The van der Waals surface area contributed by atoms with Crippen molar-refractivity contribution < 1.29 is 9.50 Å². The molecule has 1 heterocycles. The number of nitrogens with zero attached hydrogens (tertiary/aromatic N) is 1. The highest BCUT2D eigenvalue weighted by Crippen LogP contribution is 2.36.